The fourth-order valence-corrected chi connectivity index (χ4v) is 6.21. The number of fused-ring (bicyclic) bond motifs is 3. The van der Waals surface area contributed by atoms with E-state index in [0.29, 0.717) is 27.8 Å². The summed E-state index contributed by atoms with van der Waals surface area (Å²) in [7, 11) is 0. The molecule has 0 aliphatic heterocycles. The molecule has 56 heavy (non-hydrogen) atoms. The van der Waals surface area contributed by atoms with Gasteiger partial charge in [0.2, 0.25) is 0 Å². The van der Waals surface area contributed by atoms with Crippen molar-refractivity contribution in [1.82, 2.24) is 9.97 Å². The van der Waals surface area contributed by atoms with Crippen molar-refractivity contribution < 1.29 is 56.0 Å². The van der Waals surface area contributed by atoms with Gasteiger partial charge in [0.15, 0.2) is 0 Å². The molecule has 1 radical (unpaired) electrons. The van der Waals surface area contributed by atoms with Gasteiger partial charge in [0.25, 0.3) is 0 Å². The first kappa shape index (κ1) is 20.3. The minimum absolute atomic E-state index is 0. The fourth-order valence-electron chi connectivity index (χ4n) is 6.21. The van der Waals surface area contributed by atoms with Crippen LogP contribution in [0.25, 0.3) is 66.7 Å². The summed E-state index contributed by atoms with van der Waals surface area (Å²) < 4.78 is 192. The summed E-state index contributed by atoms with van der Waals surface area (Å²) in [5, 5.41) is 0.497. The molecule has 0 amide bonds. The Morgan fingerprint density at radius 2 is 1.32 bits per heavy atom. The molecule has 3 aromatic heterocycles. The van der Waals surface area contributed by atoms with Crippen LogP contribution in [0.2, 0.25) is 0 Å². The number of benzene rings is 5. The number of hydrogen-bond donors (Lipinski definition) is 0. The van der Waals surface area contributed by atoms with Gasteiger partial charge in [0, 0.05) is 69.4 Å². The van der Waals surface area contributed by atoms with Gasteiger partial charge >= 0.3 is 0 Å². The Labute approximate surface area is 378 Å². The van der Waals surface area contributed by atoms with Crippen LogP contribution in [0.4, 0.5) is 0 Å². The first-order valence-corrected chi connectivity index (χ1v) is 17.2. The van der Waals surface area contributed by atoms with E-state index in [9.17, 15) is 0 Å². The van der Waals surface area contributed by atoms with Gasteiger partial charge in [0.1, 0.15) is 5.58 Å². The van der Waals surface area contributed by atoms with Crippen LogP contribution < -0.4 is 0 Å². The Balaban J connectivity index is 0.000000403. The summed E-state index contributed by atoms with van der Waals surface area (Å²) >= 11 is 0. The zero-order valence-electron chi connectivity index (χ0n) is 53.5. The molecule has 0 saturated heterocycles. The molecule has 0 bridgehead atoms. The quantitative estimate of drug-likeness (QED) is 0.161. The third-order valence-electron chi connectivity index (χ3n) is 8.71. The molecule has 0 fully saturated rings. The minimum Gasteiger partial charge on any atom is -0.500 e. The van der Waals surface area contributed by atoms with Crippen molar-refractivity contribution in [3.63, 3.8) is 0 Å². The van der Waals surface area contributed by atoms with Crippen molar-refractivity contribution in [2.24, 2.45) is 5.41 Å². The molecule has 285 valence electrons. The van der Waals surface area contributed by atoms with Crippen LogP contribution in [0.1, 0.15) is 96.8 Å². The largest absolute Gasteiger partial charge is 0.500 e. The van der Waals surface area contributed by atoms with E-state index in [1.165, 1.54) is 72.9 Å². The van der Waals surface area contributed by atoms with E-state index in [-0.39, 0.29) is 104 Å². The van der Waals surface area contributed by atoms with Gasteiger partial charge in [-0.25, -0.2) is 0 Å². The number of nitrogens with zero attached hydrogens (tertiary/aromatic N) is 2. The maximum atomic E-state index is 8.66. The van der Waals surface area contributed by atoms with Gasteiger partial charge in [-0.2, -0.15) is 0 Å². The second kappa shape index (κ2) is 16.5. The molecule has 3 heterocycles. The molecule has 0 aliphatic carbocycles. The molecule has 3 nitrogen and oxygen atoms in total. The summed E-state index contributed by atoms with van der Waals surface area (Å²) in [5.41, 5.74) is -0.494. The van der Waals surface area contributed by atoms with Gasteiger partial charge in [-0.05, 0) is 126 Å². The molecule has 0 N–H and O–H groups in total. The molecule has 4 heteroatoms. The van der Waals surface area contributed by atoms with Gasteiger partial charge in [-0.1, -0.05) is 105 Å². The van der Waals surface area contributed by atoms with Crippen LogP contribution in [-0.4, -0.2) is 9.97 Å². The van der Waals surface area contributed by atoms with Crippen LogP contribution in [-0.2, 0) is 26.5 Å². The molecule has 0 saturated carbocycles. The molecule has 0 unspecified atom stereocenters. The van der Waals surface area contributed by atoms with Gasteiger partial charge in [-0.15, -0.1) is 53.6 Å². The Morgan fingerprint density at radius 3 is 2.00 bits per heavy atom. The molecule has 0 aliphatic rings. The number of rotatable bonds is 5. The number of pyridine rings is 2. The monoisotopic (exact) mass is 935 g/mol. The van der Waals surface area contributed by atoms with Crippen LogP contribution in [0.3, 0.4) is 0 Å². The van der Waals surface area contributed by atoms with Crippen LogP contribution in [0, 0.1) is 65.5 Å². The zero-order valence-corrected chi connectivity index (χ0v) is 32.9. The Morgan fingerprint density at radius 1 is 0.607 bits per heavy atom. The van der Waals surface area contributed by atoms with Crippen molar-refractivity contribution in [2.75, 3.05) is 0 Å². The van der Waals surface area contributed by atoms with Crippen molar-refractivity contribution in [3.8, 4) is 44.8 Å². The zero-order chi connectivity index (χ0) is 58.3. The van der Waals surface area contributed by atoms with Crippen LogP contribution in [0.15, 0.2) is 114 Å². The minimum atomic E-state index is -2.91. The van der Waals surface area contributed by atoms with Crippen LogP contribution in [0.5, 0.6) is 0 Å². The molecule has 0 spiro atoms. The Hall–Kier alpha value is -5.15. The summed E-state index contributed by atoms with van der Waals surface area (Å²) in [6.45, 7) is -13.1. The summed E-state index contributed by atoms with van der Waals surface area (Å²) in [6, 6.07) is 28.5. The standard InChI is InChI=1S/C39H38NO.C13H12N.Ir/c1-23-16-26(4)37-35(17-23)30-10-9-11-31(38(30)41-37)36-20-34(27(5)22-40-36)33-19-24(2)32(18-25(33)3)29-14-12-28(13-15-29)21-39(6,7)8;1-10-3-6-12(7-4-10)13-8-5-11(2)9-14-13;/h9-10,12-20,22H,21H2,1-8H3;3-6,8-9H,1-2H3;/q2*-1;/i1D3,2D3,3D3,4D3,5D3,21D2;1D3,2D3;. The predicted octanol–water partition coefficient (Wildman–Crippen LogP) is 14.1. The molecule has 8 aromatic rings. The second-order valence-electron chi connectivity index (χ2n) is 14.0. The Bertz CT molecular complexity index is 3450. The molecule has 5 aromatic carbocycles. The third kappa shape index (κ3) is 8.78. The van der Waals surface area contributed by atoms with Crippen molar-refractivity contribution >= 4 is 21.9 Å². The van der Waals surface area contributed by atoms with E-state index >= 15 is 0 Å². The summed E-state index contributed by atoms with van der Waals surface area (Å²) in [6.07, 6.45) is 0.564. The maximum Gasteiger partial charge on any atom is 0.123 e. The van der Waals surface area contributed by atoms with E-state index < -0.39 is 59.8 Å². The summed E-state index contributed by atoms with van der Waals surface area (Å²) in [5.74, 6) is 0. The smallest absolute Gasteiger partial charge is 0.123 e. The number of aromatic nitrogens is 2. The fraction of sp³-hybridized carbons (Fsp3) is 0.231. The SMILES string of the molecule is [2H]C([2H])([2H])c1c[c-]c(-c2ccc(C([2H])([2H])[2H])cn2)cc1.[2H]C([2H])([2H])c1cc(C([2H])([2H])[2H])c2oc3c(-c4cc(-c5cc(C([2H])([2H])[2H])c(-c6ccc(C([2H])([2H])C(C)(C)C)cc6)cc5C([2H])([2H])[2H])c(C([2H])([2H])[2H])cn4)[c-]ccc3c2c1.[Ir]. The van der Waals surface area contributed by atoms with E-state index in [2.05, 4.69) is 22.1 Å². The van der Waals surface area contributed by atoms with Gasteiger partial charge < -0.3 is 14.4 Å². The summed E-state index contributed by atoms with van der Waals surface area (Å²) in [4.78, 5) is 8.46. The molecular formula is C52H50IrN2O-2. The topological polar surface area (TPSA) is 38.9 Å². The average Bonchev–Trinajstić information content (AvgIpc) is 3.71. The second-order valence-corrected chi connectivity index (χ2v) is 14.0. The molecular weight excluding hydrogens is 861 g/mol. The third-order valence-corrected chi connectivity index (χ3v) is 8.71. The molecule has 0 atom stereocenters. The van der Waals surface area contributed by atoms with E-state index in [0.717, 1.165) is 18.3 Å². The molecule has 8 rings (SSSR count). The predicted molar refractivity (Wildman–Crippen MR) is 231 cm³/mol. The van der Waals surface area contributed by atoms with Crippen molar-refractivity contribution in [1.29, 1.82) is 0 Å². The average molecular weight is 934 g/mol. The van der Waals surface area contributed by atoms with Crippen LogP contribution >= 0.6 is 0 Å². The van der Waals surface area contributed by atoms with E-state index in [1.807, 2.05) is 0 Å². The van der Waals surface area contributed by atoms with E-state index in [1.54, 1.807) is 39.0 Å². The van der Waals surface area contributed by atoms with Crippen molar-refractivity contribution in [2.45, 2.75) is 75.1 Å². The van der Waals surface area contributed by atoms with Crippen molar-refractivity contribution in [3.05, 3.63) is 166 Å². The normalized spacial score (nSPS) is 19.2. The van der Waals surface area contributed by atoms with Gasteiger partial charge in [0.05, 0.1) is 5.58 Å². The Kier molecular flexibility index (Phi) is 6.00. The maximum absolute atomic E-state index is 8.66. The number of aryl methyl sites for hydroxylation is 7. The van der Waals surface area contributed by atoms with Gasteiger partial charge in [-0.3, -0.25) is 0 Å². The first-order chi connectivity index (χ1) is 35.5. The number of hydrogen-bond acceptors (Lipinski definition) is 3. The first-order valence-electron chi connectivity index (χ1n) is 28.7. The number of furan rings is 1. The van der Waals surface area contributed by atoms with E-state index in [4.69, 9.17) is 35.9 Å².